The first-order valence-corrected chi connectivity index (χ1v) is 7.60. The van der Waals surface area contributed by atoms with Gasteiger partial charge in [-0.25, -0.2) is 13.6 Å². The van der Waals surface area contributed by atoms with Gasteiger partial charge in [0.2, 0.25) is 15.9 Å². The summed E-state index contributed by atoms with van der Waals surface area (Å²) in [5.41, 5.74) is 0.835. The van der Waals surface area contributed by atoms with Gasteiger partial charge in [0.15, 0.2) is 0 Å². The molecule has 21 heavy (non-hydrogen) atoms. The smallest absolute Gasteiger partial charge is 0.240 e. The number of hydrogen-bond donors (Lipinski definition) is 3. The average molecular weight is 306 g/mol. The van der Waals surface area contributed by atoms with Crippen LogP contribution in [0.5, 0.6) is 5.75 Å². The van der Waals surface area contributed by atoms with Crippen molar-refractivity contribution in [3.05, 3.63) is 54.1 Å². The molecule has 6 nitrogen and oxygen atoms in total. The number of sulfonamides is 1. The Balaban J connectivity index is 2.15. The molecule has 0 aromatic heterocycles. The molecule has 1 amide bonds. The quantitative estimate of drug-likeness (QED) is 0.789. The van der Waals surface area contributed by atoms with Gasteiger partial charge in [-0.15, -0.1) is 0 Å². The van der Waals surface area contributed by atoms with Crippen molar-refractivity contribution < 1.29 is 18.3 Å². The van der Waals surface area contributed by atoms with Crippen LogP contribution in [0.4, 0.5) is 5.69 Å². The normalized spacial score (nSPS) is 11.1. The van der Waals surface area contributed by atoms with E-state index in [4.69, 9.17) is 5.14 Å². The second kappa shape index (κ2) is 5.94. The molecule has 0 aliphatic rings. The number of carbonyl (C=O) groups excluding carboxylic acids is 1. The van der Waals surface area contributed by atoms with Crippen LogP contribution in [0.1, 0.15) is 5.56 Å². The van der Waals surface area contributed by atoms with E-state index in [-0.39, 0.29) is 28.7 Å². The van der Waals surface area contributed by atoms with E-state index in [2.05, 4.69) is 5.32 Å². The maximum atomic E-state index is 11.9. The summed E-state index contributed by atoms with van der Waals surface area (Å²) in [7, 11) is -3.91. The predicted octanol–water partition coefficient (Wildman–Crippen LogP) is 1.22. The summed E-state index contributed by atoms with van der Waals surface area (Å²) in [4.78, 5) is 11.8. The molecule has 0 heterocycles. The number of phenols is 1. The number of hydrogen-bond acceptors (Lipinski definition) is 4. The molecule has 2 aromatic rings. The average Bonchev–Trinajstić information content (AvgIpc) is 2.41. The molecule has 0 fully saturated rings. The number of anilines is 1. The first-order valence-electron chi connectivity index (χ1n) is 6.06. The molecule has 0 saturated carbocycles. The number of primary sulfonamides is 1. The van der Waals surface area contributed by atoms with Gasteiger partial charge < -0.3 is 10.4 Å². The van der Waals surface area contributed by atoms with Crippen LogP contribution in [0.25, 0.3) is 0 Å². The zero-order valence-corrected chi connectivity index (χ0v) is 11.8. The van der Waals surface area contributed by atoms with Crippen LogP contribution in [0.2, 0.25) is 0 Å². The molecular formula is C14H14N2O4S. The minimum atomic E-state index is -3.91. The van der Waals surface area contributed by atoms with Crippen molar-refractivity contribution in [1.82, 2.24) is 0 Å². The van der Waals surface area contributed by atoms with Crippen LogP contribution in [-0.2, 0) is 21.2 Å². The molecule has 110 valence electrons. The van der Waals surface area contributed by atoms with Gasteiger partial charge in [0.1, 0.15) is 10.6 Å². The highest BCUT2D eigenvalue weighted by Crippen LogP contribution is 2.19. The lowest BCUT2D eigenvalue weighted by molar-refractivity contribution is -0.115. The number of rotatable bonds is 4. The second-order valence-corrected chi connectivity index (χ2v) is 5.96. The summed E-state index contributed by atoms with van der Waals surface area (Å²) < 4.78 is 22.9. The van der Waals surface area contributed by atoms with Gasteiger partial charge >= 0.3 is 0 Å². The van der Waals surface area contributed by atoms with Crippen molar-refractivity contribution in [2.45, 2.75) is 11.3 Å². The third-order valence-corrected chi connectivity index (χ3v) is 3.74. The monoisotopic (exact) mass is 306 g/mol. The molecule has 0 bridgehead atoms. The number of benzene rings is 2. The molecular weight excluding hydrogens is 292 g/mol. The topological polar surface area (TPSA) is 109 Å². The van der Waals surface area contributed by atoms with E-state index in [9.17, 15) is 18.3 Å². The molecule has 0 radical (unpaired) electrons. The SMILES string of the molecule is NS(=O)(=O)c1ccccc1NC(=O)Cc1ccc(O)cc1. The largest absolute Gasteiger partial charge is 0.508 e. The molecule has 0 saturated heterocycles. The molecule has 0 aliphatic heterocycles. The van der Waals surface area contributed by atoms with E-state index in [1.165, 1.54) is 30.3 Å². The van der Waals surface area contributed by atoms with Crippen molar-refractivity contribution in [2.24, 2.45) is 5.14 Å². The van der Waals surface area contributed by atoms with E-state index in [1.54, 1.807) is 18.2 Å². The first-order chi connectivity index (χ1) is 9.86. The van der Waals surface area contributed by atoms with Crippen molar-refractivity contribution in [2.75, 3.05) is 5.32 Å². The third kappa shape index (κ3) is 4.04. The Bertz CT molecular complexity index is 755. The van der Waals surface area contributed by atoms with E-state index in [0.29, 0.717) is 5.56 Å². The minimum absolute atomic E-state index is 0.0548. The van der Waals surface area contributed by atoms with Crippen LogP contribution in [0.3, 0.4) is 0 Å². The number of aromatic hydroxyl groups is 1. The molecule has 4 N–H and O–H groups in total. The Hall–Kier alpha value is -2.38. The number of amides is 1. The molecule has 7 heteroatoms. The van der Waals surface area contributed by atoms with Crippen LogP contribution in [-0.4, -0.2) is 19.4 Å². The Kier molecular flexibility index (Phi) is 4.25. The van der Waals surface area contributed by atoms with E-state index < -0.39 is 10.0 Å². The number of para-hydroxylation sites is 1. The minimum Gasteiger partial charge on any atom is -0.508 e. The maximum Gasteiger partial charge on any atom is 0.240 e. The number of nitrogens with two attached hydrogens (primary N) is 1. The van der Waals surface area contributed by atoms with Gasteiger partial charge in [-0.05, 0) is 29.8 Å². The lowest BCUT2D eigenvalue weighted by Gasteiger charge is -2.09. The summed E-state index contributed by atoms with van der Waals surface area (Å²) in [6, 6.07) is 12.1. The van der Waals surface area contributed by atoms with Crippen molar-refractivity contribution in [3.63, 3.8) is 0 Å². The maximum absolute atomic E-state index is 11.9. The van der Waals surface area contributed by atoms with Crippen molar-refractivity contribution in [1.29, 1.82) is 0 Å². The Morgan fingerprint density at radius 1 is 1.10 bits per heavy atom. The lowest BCUT2D eigenvalue weighted by atomic mass is 10.1. The van der Waals surface area contributed by atoms with Gasteiger partial charge in [-0.3, -0.25) is 4.79 Å². The third-order valence-electron chi connectivity index (χ3n) is 2.77. The molecule has 0 aliphatic carbocycles. The highest BCUT2D eigenvalue weighted by atomic mass is 32.2. The fourth-order valence-electron chi connectivity index (χ4n) is 1.81. The highest BCUT2D eigenvalue weighted by molar-refractivity contribution is 7.89. The van der Waals surface area contributed by atoms with E-state index in [0.717, 1.165) is 0 Å². The zero-order valence-electron chi connectivity index (χ0n) is 11.0. The molecule has 2 aromatic carbocycles. The van der Waals surface area contributed by atoms with Crippen LogP contribution < -0.4 is 10.5 Å². The first kappa shape index (κ1) is 15.0. The van der Waals surface area contributed by atoms with Gasteiger partial charge in [-0.2, -0.15) is 0 Å². The van der Waals surface area contributed by atoms with Crippen LogP contribution >= 0.6 is 0 Å². The van der Waals surface area contributed by atoms with Gasteiger partial charge in [0.05, 0.1) is 12.1 Å². The summed E-state index contributed by atoms with van der Waals surface area (Å²) in [6.07, 6.45) is 0.0548. The standard InChI is InChI=1S/C14H14N2O4S/c15-21(19,20)13-4-2-1-3-12(13)16-14(18)9-10-5-7-11(17)8-6-10/h1-8,17H,9H2,(H,16,18)(H2,15,19,20). The Morgan fingerprint density at radius 2 is 1.71 bits per heavy atom. The summed E-state index contributed by atoms with van der Waals surface area (Å²) in [5, 5.41) is 16.8. The van der Waals surface area contributed by atoms with Gasteiger partial charge in [0, 0.05) is 0 Å². The Morgan fingerprint density at radius 3 is 2.33 bits per heavy atom. The number of nitrogens with one attached hydrogen (secondary N) is 1. The number of phenolic OH excluding ortho intramolecular Hbond substituents is 1. The van der Waals surface area contributed by atoms with Gasteiger partial charge in [-0.1, -0.05) is 24.3 Å². The fraction of sp³-hybridized carbons (Fsp3) is 0.0714. The van der Waals surface area contributed by atoms with E-state index >= 15 is 0 Å². The summed E-state index contributed by atoms with van der Waals surface area (Å²) in [5.74, 6) is -0.268. The van der Waals surface area contributed by atoms with Crippen LogP contribution in [0.15, 0.2) is 53.4 Å². The highest BCUT2D eigenvalue weighted by Gasteiger charge is 2.15. The lowest BCUT2D eigenvalue weighted by Crippen LogP contribution is -2.19. The molecule has 0 atom stereocenters. The molecule has 2 rings (SSSR count). The molecule has 0 spiro atoms. The van der Waals surface area contributed by atoms with E-state index in [1.807, 2.05) is 0 Å². The molecule has 0 unspecified atom stereocenters. The second-order valence-electron chi connectivity index (χ2n) is 4.43. The zero-order chi connectivity index (χ0) is 15.5. The van der Waals surface area contributed by atoms with Crippen LogP contribution in [0, 0.1) is 0 Å². The fourth-order valence-corrected chi connectivity index (χ4v) is 2.51. The summed E-state index contributed by atoms with van der Waals surface area (Å²) in [6.45, 7) is 0. The Labute approximate surface area is 122 Å². The number of carbonyl (C=O) groups is 1. The predicted molar refractivity (Wildman–Crippen MR) is 78.3 cm³/mol. The van der Waals surface area contributed by atoms with Crippen molar-refractivity contribution in [3.8, 4) is 5.75 Å². The van der Waals surface area contributed by atoms with Gasteiger partial charge in [0.25, 0.3) is 0 Å². The summed E-state index contributed by atoms with van der Waals surface area (Å²) >= 11 is 0. The van der Waals surface area contributed by atoms with Crippen molar-refractivity contribution >= 4 is 21.6 Å².